The Bertz CT molecular complexity index is 299. The van der Waals surface area contributed by atoms with Crippen molar-refractivity contribution < 1.29 is 4.42 Å². The minimum absolute atomic E-state index is 0.194. The first-order chi connectivity index (χ1) is 7.33. The molecule has 1 heterocycles. The third-order valence-electron chi connectivity index (χ3n) is 3.62. The van der Waals surface area contributed by atoms with Gasteiger partial charge in [0.15, 0.2) is 0 Å². The van der Waals surface area contributed by atoms with Crippen LogP contribution in [0.25, 0.3) is 0 Å². The summed E-state index contributed by atoms with van der Waals surface area (Å²) >= 11 is 0. The second-order valence-electron chi connectivity index (χ2n) is 4.58. The number of rotatable bonds is 3. The van der Waals surface area contributed by atoms with Gasteiger partial charge in [-0.25, -0.2) is 0 Å². The van der Waals surface area contributed by atoms with Crippen LogP contribution in [0, 0.1) is 5.92 Å². The molecule has 1 aliphatic rings. The molecule has 1 atom stereocenters. The molecular weight excluding hydrogens is 186 g/mol. The lowest BCUT2D eigenvalue weighted by Crippen LogP contribution is -2.23. The van der Waals surface area contributed by atoms with Gasteiger partial charge < -0.3 is 10.2 Å². The standard InChI is InChI=1S/C13H21NO/c1-2-12-11(8-9-15-12)13(14)10-6-4-3-5-7-10/h8-10,13H,2-7,14H2,1H3. The van der Waals surface area contributed by atoms with E-state index < -0.39 is 0 Å². The zero-order chi connectivity index (χ0) is 10.7. The third-order valence-corrected chi connectivity index (χ3v) is 3.62. The molecule has 2 rings (SSSR count). The molecule has 0 amide bonds. The number of aryl methyl sites for hydroxylation is 1. The lowest BCUT2D eigenvalue weighted by atomic mass is 9.81. The van der Waals surface area contributed by atoms with Crippen LogP contribution in [0.1, 0.15) is 56.4 Å². The summed E-state index contributed by atoms with van der Waals surface area (Å²) in [4.78, 5) is 0. The summed E-state index contributed by atoms with van der Waals surface area (Å²) in [5.41, 5.74) is 7.57. The molecule has 0 bridgehead atoms. The number of furan rings is 1. The molecule has 0 saturated heterocycles. The van der Waals surface area contributed by atoms with Gasteiger partial charge in [0, 0.05) is 18.0 Å². The highest BCUT2D eigenvalue weighted by Gasteiger charge is 2.24. The maximum atomic E-state index is 6.33. The minimum Gasteiger partial charge on any atom is -0.469 e. The van der Waals surface area contributed by atoms with Crippen LogP contribution < -0.4 is 5.73 Å². The van der Waals surface area contributed by atoms with E-state index in [0.29, 0.717) is 5.92 Å². The van der Waals surface area contributed by atoms with Gasteiger partial charge in [0.05, 0.1) is 6.26 Å². The average molecular weight is 207 g/mol. The van der Waals surface area contributed by atoms with E-state index in [4.69, 9.17) is 10.2 Å². The predicted molar refractivity (Wildman–Crippen MR) is 61.6 cm³/mol. The molecule has 1 aromatic heterocycles. The zero-order valence-corrected chi connectivity index (χ0v) is 9.54. The first-order valence-corrected chi connectivity index (χ1v) is 6.14. The maximum Gasteiger partial charge on any atom is 0.108 e. The number of nitrogens with two attached hydrogens (primary N) is 1. The smallest absolute Gasteiger partial charge is 0.108 e. The van der Waals surface area contributed by atoms with E-state index in [-0.39, 0.29) is 6.04 Å². The van der Waals surface area contributed by atoms with Crippen molar-refractivity contribution in [1.82, 2.24) is 0 Å². The average Bonchev–Trinajstić information content (AvgIpc) is 2.77. The van der Waals surface area contributed by atoms with Crippen molar-refractivity contribution in [1.29, 1.82) is 0 Å². The first-order valence-electron chi connectivity index (χ1n) is 6.14. The molecule has 1 saturated carbocycles. The topological polar surface area (TPSA) is 39.2 Å². The molecule has 0 spiro atoms. The highest BCUT2D eigenvalue weighted by atomic mass is 16.3. The van der Waals surface area contributed by atoms with Crippen LogP contribution in [0.2, 0.25) is 0 Å². The first kappa shape index (κ1) is 10.7. The molecule has 2 nitrogen and oxygen atoms in total. The Kier molecular flexibility index (Phi) is 3.47. The quantitative estimate of drug-likeness (QED) is 0.824. The molecule has 0 aromatic carbocycles. The predicted octanol–water partition coefficient (Wildman–Crippen LogP) is 3.42. The van der Waals surface area contributed by atoms with Gasteiger partial charge in [0.25, 0.3) is 0 Å². The van der Waals surface area contributed by atoms with E-state index >= 15 is 0 Å². The van der Waals surface area contributed by atoms with Gasteiger partial charge in [-0.3, -0.25) is 0 Å². The summed E-state index contributed by atoms with van der Waals surface area (Å²) in [5, 5.41) is 0. The van der Waals surface area contributed by atoms with Gasteiger partial charge in [0.1, 0.15) is 5.76 Å². The van der Waals surface area contributed by atoms with Crippen molar-refractivity contribution in [2.24, 2.45) is 11.7 Å². The molecule has 0 aliphatic heterocycles. The van der Waals surface area contributed by atoms with Gasteiger partial charge >= 0.3 is 0 Å². The van der Waals surface area contributed by atoms with E-state index in [9.17, 15) is 0 Å². The van der Waals surface area contributed by atoms with Crippen LogP contribution >= 0.6 is 0 Å². The van der Waals surface area contributed by atoms with Crippen LogP contribution in [-0.4, -0.2) is 0 Å². The van der Waals surface area contributed by atoms with Crippen molar-refractivity contribution in [3.05, 3.63) is 23.7 Å². The van der Waals surface area contributed by atoms with Gasteiger partial charge in [0.2, 0.25) is 0 Å². The summed E-state index contributed by atoms with van der Waals surface area (Å²) in [5.74, 6) is 1.75. The summed E-state index contributed by atoms with van der Waals surface area (Å²) in [6.07, 6.45) is 9.37. The van der Waals surface area contributed by atoms with Crippen LogP contribution in [0.5, 0.6) is 0 Å². The Morgan fingerprint density at radius 1 is 1.40 bits per heavy atom. The summed E-state index contributed by atoms with van der Waals surface area (Å²) in [7, 11) is 0. The Morgan fingerprint density at radius 2 is 2.13 bits per heavy atom. The van der Waals surface area contributed by atoms with Gasteiger partial charge in [-0.1, -0.05) is 26.2 Å². The summed E-state index contributed by atoms with van der Waals surface area (Å²) < 4.78 is 5.45. The Hall–Kier alpha value is -0.760. The van der Waals surface area contributed by atoms with Crippen molar-refractivity contribution in [2.75, 3.05) is 0 Å². The third kappa shape index (κ3) is 2.25. The largest absolute Gasteiger partial charge is 0.469 e. The van der Waals surface area contributed by atoms with Crippen molar-refractivity contribution >= 4 is 0 Å². The molecule has 0 radical (unpaired) electrons. The fraction of sp³-hybridized carbons (Fsp3) is 0.692. The van der Waals surface area contributed by atoms with Crippen molar-refractivity contribution in [2.45, 2.75) is 51.5 Å². The van der Waals surface area contributed by atoms with Crippen molar-refractivity contribution in [3.8, 4) is 0 Å². The monoisotopic (exact) mass is 207 g/mol. The molecule has 1 unspecified atom stereocenters. The fourth-order valence-corrected chi connectivity index (χ4v) is 2.68. The van der Waals surface area contributed by atoms with E-state index in [0.717, 1.165) is 12.2 Å². The van der Waals surface area contributed by atoms with Crippen LogP contribution in [0.15, 0.2) is 16.7 Å². The molecule has 1 aromatic rings. The second-order valence-corrected chi connectivity index (χ2v) is 4.58. The minimum atomic E-state index is 0.194. The lowest BCUT2D eigenvalue weighted by molar-refractivity contribution is 0.305. The molecule has 15 heavy (non-hydrogen) atoms. The molecule has 1 aliphatic carbocycles. The summed E-state index contributed by atoms with van der Waals surface area (Å²) in [6, 6.07) is 2.25. The molecule has 2 heteroatoms. The van der Waals surface area contributed by atoms with Crippen LogP contribution in [-0.2, 0) is 6.42 Å². The summed E-state index contributed by atoms with van der Waals surface area (Å²) in [6.45, 7) is 2.12. The van der Waals surface area contributed by atoms with Gasteiger partial charge in [-0.15, -0.1) is 0 Å². The van der Waals surface area contributed by atoms with Gasteiger partial charge in [-0.05, 0) is 24.8 Å². The van der Waals surface area contributed by atoms with E-state index in [1.54, 1.807) is 6.26 Å². The number of hydrogen-bond donors (Lipinski definition) is 1. The second kappa shape index (κ2) is 4.84. The fourth-order valence-electron chi connectivity index (χ4n) is 2.68. The lowest BCUT2D eigenvalue weighted by Gasteiger charge is -2.27. The highest BCUT2D eigenvalue weighted by molar-refractivity contribution is 5.22. The SMILES string of the molecule is CCc1occc1C(N)C1CCCCC1. The van der Waals surface area contributed by atoms with E-state index in [1.165, 1.54) is 37.7 Å². The van der Waals surface area contributed by atoms with Crippen LogP contribution in [0.4, 0.5) is 0 Å². The Balaban J connectivity index is 2.08. The Labute approximate surface area is 91.8 Å². The van der Waals surface area contributed by atoms with E-state index in [2.05, 4.69) is 13.0 Å². The molecular formula is C13H21NO. The van der Waals surface area contributed by atoms with Crippen molar-refractivity contribution in [3.63, 3.8) is 0 Å². The normalized spacial score (nSPS) is 20.4. The van der Waals surface area contributed by atoms with Gasteiger partial charge in [-0.2, -0.15) is 0 Å². The van der Waals surface area contributed by atoms with Crippen LogP contribution in [0.3, 0.4) is 0 Å². The molecule has 84 valence electrons. The molecule has 2 N–H and O–H groups in total. The zero-order valence-electron chi connectivity index (χ0n) is 9.54. The number of hydrogen-bond acceptors (Lipinski definition) is 2. The Morgan fingerprint density at radius 3 is 2.80 bits per heavy atom. The molecule has 1 fully saturated rings. The maximum absolute atomic E-state index is 6.33. The van der Waals surface area contributed by atoms with E-state index in [1.807, 2.05) is 0 Å². The highest BCUT2D eigenvalue weighted by Crippen LogP contribution is 2.34.